The number of urea groups is 1. The minimum atomic E-state index is -0.610. The number of esters is 1. The van der Waals surface area contributed by atoms with E-state index in [2.05, 4.69) is 15.4 Å². The molecule has 238 valence electrons. The number of nitro groups is 1. The molecule has 0 fully saturated rings. The summed E-state index contributed by atoms with van der Waals surface area (Å²) in [4.78, 5) is 63.9. The SMILES string of the molecule is COC(=O)Cc1cccc(NC(=O)NCC(=O)N(CCC(C)C)c2ccccc2OCC(=O)N(C)c2cccc([N+](=O)[O-])c2)c1. The number of carbonyl (C=O) groups is 4. The maximum atomic E-state index is 13.4. The van der Waals surface area contributed by atoms with E-state index in [0.29, 0.717) is 35.6 Å². The summed E-state index contributed by atoms with van der Waals surface area (Å²) >= 11 is 0. The second kappa shape index (κ2) is 16.4. The van der Waals surface area contributed by atoms with E-state index in [-0.39, 0.29) is 30.3 Å². The van der Waals surface area contributed by atoms with E-state index < -0.39 is 35.3 Å². The second-order valence-electron chi connectivity index (χ2n) is 10.5. The number of benzene rings is 3. The van der Waals surface area contributed by atoms with Gasteiger partial charge >= 0.3 is 12.0 Å². The number of carbonyl (C=O) groups excluding carboxylic acids is 4. The summed E-state index contributed by atoms with van der Waals surface area (Å²) in [5, 5.41) is 16.4. The van der Waals surface area contributed by atoms with Gasteiger partial charge in [0.2, 0.25) is 5.91 Å². The molecule has 13 heteroatoms. The van der Waals surface area contributed by atoms with Crippen LogP contribution in [0.3, 0.4) is 0 Å². The fourth-order valence-electron chi connectivity index (χ4n) is 4.19. The van der Waals surface area contributed by atoms with Crippen LogP contribution in [-0.4, -0.2) is 62.6 Å². The predicted molar refractivity (Wildman–Crippen MR) is 169 cm³/mol. The highest BCUT2D eigenvalue weighted by Gasteiger charge is 2.22. The number of hydrogen-bond acceptors (Lipinski definition) is 8. The number of amides is 4. The number of anilines is 3. The Morgan fingerprint density at radius 2 is 1.69 bits per heavy atom. The summed E-state index contributed by atoms with van der Waals surface area (Å²) in [5.74, 6) is -0.721. The van der Waals surface area contributed by atoms with Crippen molar-refractivity contribution >= 4 is 46.6 Å². The Kier molecular flexibility index (Phi) is 12.4. The zero-order valence-electron chi connectivity index (χ0n) is 25.6. The summed E-state index contributed by atoms with van der Waals surface area (Å²) in [5.41, 5.74) is 1.71. The second-order valence-corrected chi connectivity index (χ2v) is 10.5. The maximum Gasteiger partial charge on any atom is 0.319 e. The molecule has 0 saturated heterocycles. The first-order valence-electron chi connectivity index (χ1n) is 14.2. The van der Waals surface area contributed by atoms with Crippen LogP contribution in [0.4, 0.5) is 27.5 Å². The zero-order chi connectivity index (χ0) is 32.9. The van der Waals surface area contributed by atoms with Crippen LogP contribution in [0.15, 0.2) is 72.8 Å². The molecule has 3 aromatic carbocycles. The molecule has 0 spiro atoms. The lowest BCUT2D eigenvalue weighted by Crippen LogP contribution is -2.42. The van der Waals surface area contributed by atoms with E-state index in [4.69, 9.17) is 4.74 Å². The summed E-state index contributed by atoms with van der Waals surface area (Å²) < 4.78 is 10.5. The maximum absolute atomic E-state index is 13.4. The van der Waals surface area contributed by atoms with Gasteiger partial charge in [0.25, 0.3) is 11.6 Å². The molecule has 0 aliphatic heterocycles. The molecule has 13 nitrogen and oxygen atoms in total. The predicted octanol–water partition coefficient (Wildman–Crippen LogP) is 4.55. The van der Waals surface area contributed by atoms with Crippen LogP contribution in [0.1, 0.15) is 25.8 Å². The van der Waals surface area contributed by atoms with E-state index in [0.717, 1.165) is 0 Å². The number of nitro benzene ring substituents is 1. The molecule has 0 radical (unpaired) electrons. The first kappa shape index (κ1) is 34.0. The lowest BCUT2D eigenvalue weighted by Gasteiger charge is -2.26. The van der Waals surface area contributed by atoms with E-state index in [9.17, 15) is 29.3 Å². The fourth-order valence-corrected chi connectivity index (χ4v) is 4.19. The molecule has 4 amide bonds. The van der Waals surface area contributed by atoms with Gasteiger partial charge in [-0.1, -0.05) is 44.2 Å². The van der Waals surface area contributed by atoms with E-state index in [1.807, 2.05) is 13.8 Å². The van der Waals surface area contributed by atoms with Crippen molar-refractivity contribution in [1.82, 2.24) is 5.32 Å². The number of likely N-dealkylation sites (N-methyl/N-ethyl adjacent to an activating group) is 1. The molecule has 3 aromatic rings. The molecule has 0 heterocycles. The molecular weight excluding hydrogens is 582 g/mol. The zero-order valence-corrected chi connectivity index (χ0v) is 25.6. The lowest BCUT2D eigenvalue weighted by molar-refractivity contribution is -0.384. The smallest absolute Gasteiger partial charge is 0.319 e. The molecule has 0 aliphatic rings. The Balaban J connectivity index is 1.69. The summed E-state index contributed by atoms with van der Waals surface area (Å²) in [7, 11) is 2.78. The fraction of sp³-hybridized carbons (Fsp3) is 0.312. The summed E-state index contributed by atoms with van der Waals surface area (Å²) in [6.07, 6.45) is 0.711. The van der Waals surface area contributed by atoms with Gasteiger partial charge < -0.3 is 29.9 Å². The molecule has 2 N–H and O–H groups in total. The van der Waals surface area contributed by atoms with Gasteiger partial charge in [-0.3, -0.25) is 24.5 Å². The van der Waals surface area contributed by atoms with Crippen molar-refractivity contribution in [1.29, 1.82) is 0 Å². The van der Waals surface area contributed by atoms with Crippen molar-refractivity contribution in [2.45, 2.75) is 26.7 Å². The molecule has 0 saturated carbocycles. The Bertz CT molecular complexity index is 1530. The number of nitrogens with one attached hydrogen (secondary N) is 2. The number of non-ortho nitro benzene ring substituents is 1. The monoisotopic (exact) mass is 619 g/mol. The molecular formula is C32H37N5O8. The highest BCUT2D eigenvalue weighted by Crippen LogP contribution is 2.29. The molecule has 0 aliphatic carbocycles. The van der Waals surface area contributed by atoms with Gasteiger partial charge in [-0.25, -0.2) is 4.79 Å². The third kappa shape index (κ3) is 10.3. The Morgan fingerprint density at radius 3 is 2.40 bits per heavy atom. The quantitative estimate of drug-likeness (QED) is 0.151. The van der Waals surface area contributed by atoms with Gasteiger partial charge in [-0.15, -0.1) is 0 Å². The third-order valence-electron chi connectivity index (χ3n) is 6.70. The van der Waals surface area contributed by atoms with Crippen molar-refractivity contribution in [3.8, 4) is 5.75 Å². The van der Waals surface area contributed by atoms with Crippen LogP contribution in [0.25, 0.3) is 0 Å². The van der Waals surface area contributed by atoms with Crippen molar-refractivity contribution in [3.05, 3.63) is 88.5 Å². The Labute approximate surface area is 261 Å². The summed E-state index contributed by atoms with van der Waals surface area (Å²) in [6.45, 7) is 3.66. The van der Waals surface area contributed by atoms with Crippen LogP contribution in [0.2, 0.25) is 0 Å². The standard InChI is InChI=1S/C32H37N5O8/c1-22(2)15-16-36(29(38)20-33-32(41)34-24-10-7-9-23(17-24)18-31(40)44-4)27-13-5-6-14-28(27)45-21-30(39)35(3)25-11-8-12-26(19-25)37(42)43/h5-14,17,19,22H,15-16,18,20-21H2,1-4H3,(H2,33,34,41). The largest absolute Gasteiger partial charge is 0.482 e. The number of rotatable bonds is 14. The van der Waals surface area contributed by atoms with Crippen molar-refractivity contribution in [3.63, 3.8) is 0 Å². The topological polar surface area (TPSA) is 160 Å². The lowest BCUT2D eigenvalue weighted by atomic mass is 10.1. The van der Waals surface area contributed by atoms with Crippen molar-refractivity contribution < 1.29 is 33.6 Å². The molecule has 0 bridgehead atoms. The highest BCUT2D eigenvalue weighted by atomic mass is 16.6. The van der Waals surface area contributed by atoms with Gasteiger partial charge in [-0.2, -0.15) is 0 Å². The van der Waals surface area contributed by atoms with Crippen molar-refractivity contribution in [2.75, 3.05) is 49.0 Å². The van der Waals surface area contributed by atoms with Gasteiger partial charge in [0.1, 0.15) is 5.75 Å². The number of methoxy groups -OCH3 is 1. The number of ether oxygens (including phenoxy) is 2. The van der Waals surface area contributed by atoms with Crippen LogP contribution >= 0.6 is 0 Å². The first-order chi connectivity index (χ1) is 21.5. The van der Waals surface area contributed by atoms with Crippen molar-refractivity contribution in [2.24, 2.45) is 5.92 Å². The van der Waals surface area contributed by atoms with E-state index in [1.165, 1.54) is 42.2 Å². The first-order valence-corrected chi connectivity index (χ1v) is 14.2. The minimum absolute atomic E-state index is 0.0507. The van der Waals surface area contributed by atoms with E-state index in [1.54, 1.807) is 54.6 Å². The van der Waals surface area contributed by atoms with Crippen LogP contribution < -0.4 is 25.2 Å². The Morgan fingerprint density at radius 1 is 0.956 bits per heavy atom. The van der Waals surface area contributed by atoms with Crippen LogP contribution in [0, 0.1) is 16.0 Å². The number of nitrogens with zero attached hydrogens (tertiary/aromatic N) is 3. The molecule has 45 heavy (non-hydrogen) atoms. The van der Waals surface area contributed by atoms with Gasteiger partial charge in [0.15, 0.2) is 6.61 Å². The Hall–Kier alpha value is -5.46. The molecule has 0 atom stereocenters. The van der Waals surface area contributed by atoms with Gasteiger partial charge in [0.05, 0.1) is 36.4 Å². The normalized spacial score (nSPS) is 10.5. The average Bonchev–Trinajstić information content (AvgIpc) is 3.02. The summed E-state index contributed by atoms with van der Waals surface area (Å²) in [6, 6.07) is 18.6. The van der Waals surface area contributed by atoms with Gasteiger partial charge in [-0.05, 0) is 48.2 Å². The van der Waals surface area contributed by atoms with Crippen LogP contribution in [0.5, 0.6) is 5.75 Å². The number of para-hydroxylation sites is 2. The third-order valence-corrected chi connectivity index (χ3v) is 6.70. The minimum Gasteiger partial charge on any atom is -0.482 e. The van der Waals surface area contributed by atoms with E-state index >= 15 is 0 Å². The highest BCUT2D eigenvalue weighted by molar-refractivity contribution is 5.99. The van der Waals surface area contributed by atoms with Gasteiger partial charge in [0, 0.05) is 31.4 Å². The van der Waals surface area contributed by atoms with Crippen LogP contribution in [-0.2, 0) is 25.5 Å². The molecule has 0 aromatic heterocycles. The molecule has 3 rings (SSSR count). The number of hydrogen-bond donors (Lipinski definition) is 2. The molecule has 0 unspecified atom stereocenters. The average molecular weight is 620 g/mol.